The molecule has 0 aromatic heterocycles. The van der Waals surface area contributed by atoms with E-state index in [1.807, 2.05) is 0 Å². The van der Waals surface area contributed by atoms with Gasteiger partial charge in [-0.2, -0.15) is 0 Å². The Labute approximate surface area is 92.7 Å². The van der Waals surface area contributed by atoms with Crippen molar-refractivity contribution in [1.29, 1.82) is 0 Å². The second kappa shape index (κ2) is 6.81. The highest BCUT2D eigenvalue weighted by atomic mass is 79.9. The predicted octanol–water partition coefficient (Wildman–Crippen LogP) is 1.18. The third-order valence-corrected chi connectivity index (χ3v) is 2.37. The van der Waals surface area contributed by atoms with Gasteiger partial charge in [0.05, 0.1) is 6.61 Å². The van der Waals surface area contributed by atoms with Crippen LogP contribution < -0.4 is 0 Å². The number of esters is 1. The molecule has 0 rings (SSSR count). The van der Waals surface area contributed by atoms with Gasteiger partial charge in [0.1, 0.15) is 4.83 Å². The number of rotatable bonds is 5. The summed E-state index contributed by atoms with van der Waals surface area (Å²) in [6.45, 7) is 4.23. The molecule has 0 bridgehead atoms. The number of hydrogen-bond donors (Lipinski definition) is 0. The zero-order valence-corrected chi connectivity index (χ0v) is 10.3. The summed E-state index contributed by atoms with van der Waals surface area (Å²) in [4.78, 5) is 23.4. The number of hydrogen-bond acceptors (Lipinski definition) is 3. The summed E-state index contributed by atoms with van der Waals surface area (Å²) in [5.74, 6) is -0.318. The first kappa shape index (κ1) is 13.4. The van der Waals surface area contributed by atoms with Crippen LogP contribution in [0, 0.1) is 0 Å². The van der Waals surface area contributed by atoms with E-state index in [0.29, 0.717) is 19.6 Å². The van der Waals surface area contributed by atoms with E-state index in [1.165, 1.54) is 4.90 Å². The molecule has 0 fully saturated rings. The molecule has 14 heavy (non-hydrogen) atoms. The molecule has 0 radical (unpaired) electrons. The normalized spacial score (nSPS) is 12.0. The Kier molecular flexibility index (Phi) is 6.53. The van der Waals surface area contributed by atoms with Crippen LogP contribution in [0.2, 0.25) is 0 Å². The average Bonchev–Trinajstić information content (AvgIpc) is 2.16. The number of nitrogens with zero attached hydrogens (tertiary/aromatic N) is 1. The van der Waals surface area contributed by atoms with E-state index in [9.17, 15) is 9.59 Å². The third kappa shape index (κ3) is 4.60. The van der Waals surface area contributed by atoms with Gasteiger partial charge in [-0.1, -0.05) is 22.9 Å². The smallest absolute Gasteiger partial charge is 0.321 e. The second-order valence-corrected chi connectivity index (χ2v) is 3.95. The molecule has 0 saturated carbocycles. The first-order valence-corrected chi connectivity index (χ1v) is 5.49. The molecule has 82 valence electrons. The molecule has 0 N–H and O–H groups in total. The fraction of sp³-hybridized carbons (Fsp3) is 0.778. The van der Waals surface area contributed by atoms with E-state index in [2.05, 4.69) is 15.9 Å². The van der Waals surface area contributed by atoms with Crippen LogP contribution in [0.1, 0.15) is 20.3 Å². The predicted molar refractivity (Wildman–Crippen MR) is 57.3 cm³/mol. The molecule has 4 nitrogen and oxygen atoms in total. The van der Waals surface area contributed by atoms with Gasteiger partial charge in [0.2, 0.25) is 5.91 Å². The lowest BCUT2D eigenvalue weighted by Crippen LogP contribution is -2.35. The van der Waals surface area contributed by atoms with Gasteiger partial charge in [0.25, 0.3) is 0 Å². The van der Waals surface area contributed by atoms with Gasteiger partial charge in [-0.05, 0) is 6.92 Å². The van der Waals surface area contributed by atoms with Gasteiger partial charge in [-0.15, -0.1) is 0 Å². The minimum absolute atomic E-state index is 0.0127. The number of halogens is 1. The number of ether oxygens (including phenoxy) is 1. The molecule has 1 amide bonds. The van der Waals surface area contributed by atoms with Crippen molar-refractivity contribution in [1.82, 2.24) is 4.90 Å². The monoisotopic (exact) mass is 265 g/mol. The highest BCUT2D eigenvalue weighted by Crippen LogP contribution is 2.05. The van der Waals surface area contributed by atoms with Crippen molar-refractivity contribution in [3.63, 3.8) is 0 Å². The maximum absolute atomic E-state index is 11.2. The van der Waals surface area contributed by atoms with Crippen molar-refractivity contribution in [3.05, 3.63) is 0 Å². The van der Waals surface area contributed by atoms with Crippen LogP contribution in [-0.2, 0) is 14.3 Å². The molecular weight excluding hydrogens is 250 g/mol. The summed E-state index contributed by atoms with van der Waals surface area (Å²) in [5, 5.41) is 0. The fourth-order valence-corrected chi connectivity index (χ4v) is 1.49. The van der Waals surface area contributed by atoms with Gasteiger partial charge in [0, 0.05) is 20.0 Å². The van der Waals surface area contributed by atoms with Crippen LogP contribution >= 0.6 is 15.9 Å². The standard InChI is InChI=1S/C9H16BrNO3/c1-4-8(12)11(3)6-7(10)9(13)14-5-2/h7H,4-6H2,1-3H3. The maximum Gasteiger partial charge on any atom is 0.321 e. The van der Waals surface area contributed by atoms with E-state index in [1.54, 1.807) is 20.9 Å². The van der Waals surface area contributed by atoms with E-state index in [0.717, 1.165) is 0 Å². The van der Waals surface area contributed by atoms with Gasteiger partial charge < -0.3 is 9.64 Å². The zero-order valence-electron chi connectivity index (χ0n) is 8.75. The van der Waals surface area contributed by atoms with Gasteiger partial charge in [0.15, 0.2) is 0 Å². The van der Waals surface area contributed by atoms with Crippen molar-refractivity contribution in [2.75, 3.05) is 20.2 Å². The summed E-state index contributed by atoms with van der Waals surface area (Å²) in [7, 11) is 1.67. The number of alkyl halides is 1. The molecule has 0 saturated heterocycles. The highest BCUT2D eigenvalue weighted by molar-refractivity contribution is 9.10. The van der Waals surface area contributed by atoms with Crippen LogP contribution in [-0.4, -0.2) is 41.8 Å². The minimum atomic E-state index is -0.442. The number of carbonyl (C=O) groups is 2. The van der Waals surface area contributed by atoms with E-state index in [4.69, 9.17) is 4.74 Å². The lowest BCUT2D eigenvalue weighted by Gasteiger charge is -2.18. The number of amides is 1. The number of carbonyl (C=O) groups excluding carboxylic acids is 2. The summed E-state index contributed by atoms with van der Waals surface area (Å²) < 4.78 is 4.79. The topological polar surface area (TPSA) is 46.6 Å². The zero-order chi connectivity index (χ0) is 11.1. The first-order valence-electron chi connectivity index (χ1n) is 4.57. The molecule has 0 aromatic carbocycles. The Morgan fingerprint density at radius 3 is 2.43 bits per heavy atom. The molecule has 0 aromatic rings. The first-order chi connectivity index (χ1) is 6.52. The maximum atomic E-state index is 11.2. The molecule has 0 aliphatic rings. The highest BCUT2D eigenvalue weighted by Gasteiger charge is 2.19. The van der Waals surface area contributed by atoms with E-state index < -0.39 is 4.83 Å². The molecule has 5 heteroatoms. The lowest BCUT2D eigenvalue weighted by atomic mass is 10.3. The Morgan fingerprint density at radius 2 is 2.00 bits per heavy atom. The van der Waals surface area contributed by atoms with Crippen molar-refractivity contribution in [3.8, 4) is 0 Å². The van der Waals surface area contributed by atoms with Gasteiger partial charge >= 0.3 is 5.97 Å². The van der Waals surface area contributed by atoms with Crippen LogP contribution in [0.5, 0.6) is 0 Å². The van der Waals surface area contributed by atoms with Crippen LogP contribution in [0.3, 0.4) is 0 Å². The SMILES string of the molecule is CCOC(=O)C(Br)CN(C)C(=O)CC. The molecular formula is C9H16BrNO3. The minimum Gasteiger partial charge on any atom is -0.465 e. The Morgan fingerprint density at radius 1 is 1.43 bits per heavy atom. The molecule has 0 aliphatic heterocycles. The van der Waals surface area contributed by atoms with Crippen molar-refractivity contribution in [2.24, 2.45) is 0 Å². The molecule has 1 unspecified atom stereocenters. The van der Waals surface area contributed by atoms with Crippen LogP contribution in [0.25, 0.3) is 0 Å². The fourth-order valence-electron chi connectivity index (χ4n) is 0.919. The summed E-state index contributed by atoms with van der Waals surface area (Å²) >= 11 is 3.17. The van der Waals surface area contributed by atoms with Gasteiger partial charge in [-0.25, -0.2) is 0 Å². The third-order valence-electron chi connectivity index (χ3n) is 1.70. The summed E-state index contributed by atoms with van der Waals surface area (Å²) in [6, 6.07) is 0. The van der Waals surface area contributed by atoms with Crippen LogP contribution in [0.4, 0.5) is 0 Å². The van der Waals surface area contributed by atoms with E-state index in [-0.39, 0.29) is 11.9 Å². The van der Waals surface area contributed by atoms with Crippen molar-refractivity contribution >= 4 is 27.8 Å². The van der Waals surface area contributed by atoms with Crippen molar-refractivity contribution in [2.45, 2.75) is 25.1 Å². The molecule has 0 heterocycles. The van der Waals surface area contributed by atoms with Crippen molar-refractivity contribution < 1.29 is 14.3 Å². The average molecular weight is 266 g/mol. The Balaban J connectivity index is 3.98. The van der Waals surface area contributed by atoms with Gasteiger partial charge in [-0.3, -0.25) is 9.59 Å². The Hall–Kier alpha value is -0.580. The quantitative estimate of drug-likeness (QED) is 0.554. The molecule has 1 atom stereocenters. The largest absolute Gasteiger partial charge is 0.465 e. The Bertz CT molecular complexity index is 208. The lowest BCUT2D eigenvalue weighted by molar-refractivity contribution is -0.143. The molecule has 0 spiro atoms. The summed E-state index contributed by atoms with van der Waals surface area (Å²) in [5.41, 5.74) is 0. The molecule has 0 aliphatic carbocycles. The summed E-state index contributed by atoms with van der Waals surface area (Å²) in [6.07, 6.45) is 0.443. The van der Waals surface area contributed by atoms with E-state index >= 15 is 0 Å². The second-order valence-electron chi connectivity index (χ2n) is 2.85. The van der Waals surface area contributed by atoms with Crippen LogP contribution in [0.15, 0.2) is 0 Å².